The van der Waals surface area contributed by atoms with Crippen LogP contribution in [-0.2, 0) is 11.3 Å². The lowest BCUT2D eigenvalue weighted by Gasteiger charge is -2.11. The topological polar surface area (TPSA) is 94.7 Å². The van der Waals surface area contributed by atoms with Gasteiger partial charge in [0.25, 0.3) is 5.56 Å². The maximum Gasteiger partial charge on any atom is 0.281 e. The third-order valence-electron chi connectivity index (χ3n) is 5.04. The second kappa shape index (κ2) is 8.27. The molecule has 5 rings (SSSR count). The molecule has 2 aromatic heterocycles. The molecule has 0 saturated carbocycles. The minimum absolute atomic E-state index is 0.262. The number of anilines is 1. The largest absolute Gasteiger partial charge is 0.324 e. The first-order chi connectivity index (χ1) is 15.7. The minimum Gasteiger partial charge on any atom is -0.324 e. The van der Waals surface area contributed by atoms with Crippen molar-refractivity contribution in [3.63, 3.8) is 0 Å². The molecule has 0 aliphatic heterocycles. The quantitative estimate of drug-likeness (QED) is 0.469. The predicted molar refractivity (Wildman–Crippen MR) is 121 cm³/mol. The van der Waals surface area contributed by atoms with E-state index in [1.165, 1.54) is 6.20 Å². The Morgan fingerprint density at radius 3 is 2.34 bits per heavy atom. The zero-order chi connectivity index (χ0) is 21.9. The fraction of sp³-hybridized carbons (Fsp3) is 0.0417. The summed E-state index contributed by atoms with van der Waals surface area (Å²) < 4.78 is 2.59. The lowest BCUT2D eigenvalue weighted by molar-refractivity contribution is -0.117. The molecule has 0 aliphatic rings. The van der Waals surface area contributed by atoms with E-state index in [-0.39, 0.29) is 12.5 Å². The van der Waals surface area contributed by atoms with Gasteiger partial charge in [0.1, 0.15) is 11.9 Å². The van der Waals surface area contributed by atoms with Crippen molar-refractivity contribution >= 4 is 22.6 Å². The van der Waals surface area contributed by atoms with E-state index in [0.29, 0.717) is 16.7 Å². The predicted octanol–water partition coefficient (Wildman–Crippen LogP) is 3.28. The highest BCUT2D eigenvalue weighted by molar-refractivity contribution is 5.95. The van der Waals surface area contributed by atoms with E-state index in [2.05, 4.69) is 20.7 Å². The summed E-state index contributed by atoms with van der Waals surface area (Å²) in [5, 5.41) is 15.5. The number of carbonyl (C=O) groups is 1. The molecule has 0 bridgehead atoms. The van der Waals surface area contributed by atoms with Crippen LogP contribution in [0.1, 0.15) is 0 Å². The zero-order valence-electron chi connectivity index (χ0n) is 16.9. The number of benzene rings is 3. The molecule has 1 N–H and O–H groups in total. The van der Waals surface area contributed by atoms with Crippen LogP contribution < -0.4 is 10.9 Å². The molecule has 0 aliphatic carbocycles. The van der Waals surface area contributed by atoms with Gasteiger partial charge in [-0.3, -0.25) is 9.59 Å². The van der Waals surface area contributed by atoms with Gasteiger partial charge in [0.05, 0.1) is 11.9 Å². The third-order valence-corrected chi connectivity index (χ3v) is 5.04. The van der Waals surface area contributed by atoms with Gasteiger partial charge in [-0.15, -0.1) is 5.10 Å². The first kappa shape index (κ1) is 19.4. The Morgan fingerprint density at radius 2 is 1.56 bits per heavy atom. The van der Waals surface area contributed by atoms with Crippen molar-refractivity contribution in [1.29, 1.82) is 0 Å². The number of aromatic nitrogens is 5. The Labute approximate surface area is 182 Å². The molecular weight excluding hydrogens is 404 g/mol. The summed E-state index contributed by atoms with van der Waals surface area (Å²) in [7, 11) is 0. The molecule has 8 nitrogen and oxygen atoms in total. The number of hydrogen-bond acceptors (Lipinski definition) is 5. The number of rotatable bonds is 5. The van der Waals surface area contributed by atoms with Crippen LogP contribution in [0.4, 0.5) is 5.69 Å². The van der Waals surface area contributed by atoms with Crippen molar-refractivity contribution in [3.05, 3.63) is 101 Å². The van der Waals surface area contributed by atoms with Gasteiger partial charge >= 0.3 is 0 Å². The van der Waals surface area contributed by atoms with E-state index in [1.54, 1.807) is 4.68 Å². The van der Waals surface area contributed by atoms with Gasteiger partial charge in [0.2, 0.25) is 5.91 Å². The number of nitrogens with one attached hydrogen (secondary N) is 1. The normalized spacial score (nSPS) is 10.9. The van der Waals surface area contributed by atoms with Gasteiger partial charge in [0, 0.05) is 11.3 Å². The molecule has 5 aromatic rings. The summed E-state index contributed by atoms with van der Waals surface area (Å²) in [5.41, 5.74) is 3.21. The standard InChI is InChI=1S/C24H18N6O2/c31-22(26-21-14-8-7-13-19(21)17-9-3-1-4-10-17)16-29-24(32)20-15-25-30(23(20)27-28-29)18-11-5-2-6-12-18/h1-15H,16H2,(H,26,31). The van der Waals surface area contributed by atoms with Gasteiger partial charge in [0.15, 0.2) is 5.65 Å². The van der Waals surface area contributed by atoms with Crippen molar-refractivity contribution < 1.29 is 4.79 Å². The molecule has 1 amide bonds. The number of amides is 1. The second-order valence-electron chi connectivity index (χ2n) is 7.14. The van der Waals surface area contributed by atoms with Gasteiger partial charge in [-0.25, -0.2) is 9.36 Å². The molecule has 0 spiro atoms. The zero-order valence-corrected chi connectivity index (χ0v) is 16.9. The number of hydrogen-bond donors (Lipinski definition) is 1. The van der Waals surface area contributed by atoms with Crippen LogP contribution in [0.15, 0.2) is 95.9 Å². The van der Waals surface area contributed by atoms with E-state index in [4.69, 9.17) is 0 Å². The minimum atomic E-state index is -0.427. The molecule has 8 heteroatoms. The van der Waals surface area contributed by atoms with Crippen LogP contribution in [0.25, 0.3) is 27.8 Å². The van der Waals surface area contributed by atoms with E-state index < -0.39 is 5.56 Å². The van der Waals surface area contributed by atoms with Crippen molar-refractivity contribution in [2.24, 2.45) is 0 Å². The Bertz CT molecular complexity index is 1460. The molecule has 0 radical (unpaired) electrons. The fourth-order valence-electron chi connectivity index (χ4n) is 3.51. The van der Waals surface area contributed by atoms with Crippen LogP contribution in [0.5, 0.6) is 0 Å². The second-order valence-corrected chi connectivity index (χ2v) is 7.14. The van der Waals surface area contributed by atoms with E-state index >= 15 is 0 Å². The first-order valence-electron chi connectivity index (χ1n) is 10.0. The van der Waals surface area contributed by atoms with Crippen molar-refractivity contribution in [3.8, 4) is 16.8 Å². The Morgan fingerprint density at radius 1 is 0.875 bits per heavy atom. The lowest BCUT2D eigenvalue weighted by Crippen LogP contribution is -2.30. The molecule has 3 aromatic carbocycles. The summed E-state index contributed by atoms with van der Waals surface area (Å²) in [6, 6.07) is 26.6. The summed E-state index contributed by atoms with van der Waals surface area (Å²) in [6.45, 7) is -0.262. The van der Waals surface area contributed by atoms with Gasteiger partial charge in [-0.2, -0.15) is 5.10 Å². The molecule has 0 atom stereocenters. The SMILES string of the molecule is O=C(Cn1nnc2c(cnn2-c2ccccc2)c1=O)Nc1ccccc1-c1ccccc1. The molecular formula is C24H18N6O2. The smallest absolute Gasteiger partial charge is 0.281 e. The Kier molecular flexibility index (Phi) is 5.01. The summed E-state index contributed by atoms with van der Waals surface area (Å²) >= 11 is 0. The molecule has 32 heavy (non-hydrogen) atoms. The molecule has 0 unspecified atom stereocenters. The lowest BCUT2D eigenvalue weighted by atomic mass is 10.0. The molecule has 0 saturated heterocycles. The highest BCUT2D eigenvalue weighted by atomic mass is 16.2. The fourth-order valence-corrected chi connectivity index (χ4v) is 3.51. The summed E-state index contributed by atoms with van der Waals surface area (Å²) in [4.78, 5) is 25.6. The van der Waals surface area contributed by atoms with Crippen LogP contribution in [0, 0.1) is 0 Å². The third kappa shape index (κ3) is 3.65. The van der Waals surface area contributed by atoms with Crippen LogP contribution >= 0.6 is 0 Å². The highest BCUT2D eigenvalue weighted by Crippen LogP contribution is 2.27. The average molecular weight is 422 g/mol. The summed E-state index contributed by atoms with van der Waals surface area (Å²) in [5.74, 6) is -0.375. The van der Waals surface area contributed by atoms with Crippen LogP contribution in [0.2, 0.25) is 0 Å². The van der Waals surface area contributed by atoms with Crippen molar-refractivity contribution in [2.75, 3.05) is 5.32 Å². The Balaban J connectivity index is 1.41. The van der Waals surface area contributed by atoms with Crippen molar-refractivity contribution in [1.82, 2.24) is 24.8 Å². The summed E-state index contributed by atoms with van der Waals surface area (Å²) in [6.07, 6.45) is 1.44. The molecule has 0 fully saturated rings. The number of nitrogens with zero attached hydrogens (tertiary/aromatic N) is 5. The average Bonchev–Trinajstić information content (AvgIpc) is 3.27. The van der Waals surface area contributed by atoms with E-state index in [1.807, 2.05) is 84.9 Å². The number of fused-ring (bicyclic) bond motifs is 1. The molecule has 156 valence electrons. The maximum atomic E-state index is 12.9. The number of para-hydroxylation sites is 2. The van der Waals surface area contributed by atoms with E-state index in [0.717, 1.165) is 21.5 Å². The number of carbonyl (C=O) groups excluding carboxylic acids is 1. The van der Waals surface area contributed by atoms with Gasteiger partial charge < -0.3 is 5.32 Å². The monoisotopic (exact) mass is 422 g/mol. The maximum absolute atomic E-state index is 12.9. The first-order valence-corrected chi connectivity index (χ1v) is 10.0. The van der Waals surface area contributed by atoms with E-state index in [9.17, 15) is 9.59 Å². The van der Waals surface area contributed by atoms with Crippen LogP contribution in [-0.4, -0.2) is 30.7 Å². The van der Waals surface area contributed by atoms with Gasteiger partial charge in [-0.1, -0.05) is 71.9 Å². The van der Waals surface area contributed by atoms with Crippen LogP contribution in [0.3, 0.4) is 0 Å². The van der Waals surface area contributed by atoms with Crippen molar-refractivity contribution in [2.45, 2.75) is 6.54 Å². The molecule has 2 heterocycles. The Hall–Kier alpha value is -4.59. The van der Waals surface area contributed by atoms with Gasteiger partial charge in [-0.05, 0) is 23.8 Å². The highest BCUT2D eigenvalue weighted by Gasteiger charge is 2.15.